The summed E-state index contributed by atoms with van der Waals surface area (Å²) in [6.07, 6.45) is 8.87. The van der Waals surface area contributed by atoms with E-state index in [-0.39, 0.29) is 10.8 Å². The van der Waals surface area contributed by atoms with Crippen LogP contribution in [0.2, 0.25) is 0 Å². The number of fused-ring (bicyclic) bond motifs is 11. The predicted octanol–water partition coefficient (Wildman–Crippen LogP) is 16.1. The maximum Gasteiger partial charge on any atom is 0.0543 e. The van der Waals surface area contributed by atoms with Gasteiger partial charge in [-0.3, -0.25) is 0 Å². The van der Waals surface area contributed by atoms with Crippen LogP contribution in [0.25, 0.3) is 43.8 Å². The molecule has 0 atom stereocenters. The van der Waals surface area contributed by atoms with E-state index in [2.05, 4.69) is 221 Å². The molecule has 0 unspecified atom stereocenters. The van der Waals surface area contributed by atoms with Crippen molar-refractivity contribution in [2.75, 3.05) is 9.80 Å². The zero-order valence-corrected chi connectivity index (χ0v) is 35.5. The molecule has 292 valence electrons. The number of aryl methyl sites for hydroxylation is 2. The molecule has 0 fully saturated rings. The highest BCUT2D eigenvalue weighted by atomic mass is 15.2. The third-order valence-corrected chi connectivity index (χ3v) is 13.7. The van der Waals surface area contributed by atoms with Crippen LogP contribution in [0.4, 0.5) is 28.4 Å². The summed E-state index contributed by atoms with van der Waals surface area (Å²) in [5.74, 6) is 0. The minimum absolute atomic E-state index is 0.259. The molecule has 0 heterocycles. The lowest BCUT2D eigenvalue weighted by atomic mass is 9.72. The van der Waals surface area contributed by atoms with Gasteiger partial charge in [0, 0.05) is 44.4 Å². The van der Waals surface area contributed by atoms with Crippen LogP contribution in [0.1, 0.15) is 73.9 Å². The minimum Gasteiger partial charge on any atom is -0.314 e. The standard InChI is InChI=1S/C58H50N2/c1-37-25-29-41(30-26-37)59(39-17-9-7-10-18-39)51-35-49-53(45-23-15-13-21-43(45)51)47-33-34-48-54-46-24-16-14-22-44(46)52(36-50(54)58(5,6)56(48)55(47)57(49,3)4)60(40-19-11-8-12-20-40)42-31-27-38(2)28-32-42/h7-11,13-19,21-36H,12,20H2,1-6H3. The molecule has 0 bridgehead atoms. The first-order chi connectivity index (χ1) is 29.1. The number of hydrogen-bond acceptors (Lipinski definition) is 2. The lowest BCUT2D eigenvalue weighted by Crippen LogP contribution is -2.25. The van der Waals surface area contributed by atoms with Crippen LogP contribution in [0.5, 0.6) is 0 Å². The largest absolute Gasteiger partial charge is 0.314 e. The van der Waals surface area contributed by atoms with E-state index in [0.29, 0.717) is 0 Å². The van der Waals surface area contributed by atoms with Gasteiger partial charge in [-0.2, -0.15) is 0 Å². The molecule has 3 aliphatic carbocycles. The smallest absolute Gasteiger partial charge is 0.0543 e. The highest BCUT2D eigenvalue weighted by molar-refractivity contribution is 6.13. The Morgan fingerprint density at radius 3 is 1.37 bits per heavy atom. The van der Waals surface area contributed by atoms with E-state index in [1.165, 1.54) is 99.9 Å². The Kier molecular flexibility index (Phi) is 8.16. The van der Waals surface area contributed by atoms with Gasteiger partial charge in [-0.05, 0) is 137 Å². The molecular formula is C58H50N2. The van der Waals surface area contributed by atoms with Crippen molar-refractivity contribution in [3.8, 4) is 22.3 Å². The lowest BCUT2D eigenvalue weighted by Gasteiger charge is -2.33. The molecule has 0 saturated heterocycles. The van der Waals surface area contributed by atoms with Crippen LogP contribution < -0.4 is 9.80 Å². The van der Waals surface area contributed by atoms with E-state index >= 15 is 0 Å². The zero-order valence-electron chi connectivity index (χ0n) is 35.5. The second-order valence-corrected chi connectivity index (χ2v) is 18.2. The molecule has 0 amide bonds. The van der Waals surface area contributed by atoms with E-state index in [4.69, 9.17) is 0 Å². The van der Waals surface area contributed by atoms with E-state index < -0.39 is 0 Å². The molecule has 11 rings (SSSR count). The molecule has 0 aliphatic heterocycles. The lowest BCUT2D eigenvalue weighted by molar-refractivity contribution is 0.601. The molecule has 2 nitrogen and oxygen atoms in total. The molecule has 8 aromatic carbocycles. The molecule has 3 aliphatic rings. The van der Waals surface area contributed by atoms with E-state index in [1.54, 1.807) is 0 Å². The molecule has 0 spiro atoms. The molecule has 0 radical (unpaired) electrons. The number of allylic oxidation sites excluding steroid dienone is 4. The quantitative estimate of drug-likeness (QED) is 0.166. The topological polar surface area (TPSA) is 6.48 Å². The van der Waals surface area contributed by atoms with Crippen molar-refractivity contribution in [2.45, 2.75) is 65.2 Å². The summed E-state index contributed by atoms with van der Waals surface area (Å²) in [5, 5.41) is 5.16. The van der Waals surface area contributed by atoms with Gasteiger partial charge in [-0.25, -0.2) is 0 Å². The Morgan fingerprint density at radius 2 is 0.883 bits per heavy atom. The summed E-state index contributed by atoms with van der Waals surface area (Å²) in [4.78, 5) is 4.99. The van der Waals surface area contributed by atoms with Crippen molar-refractivity contribution in [3.63, 3.8) is 0 Å². The molecule has 0 N–H and O–H groups in total. The number of benzene rings is 8. The number of rotatable bonds is 6. The Morgan fingerprint density at radius 1 is 0.450 bits per heavy atom. The summed E-state index contributed by atoms with van der Waals surface area (Å²) in [6, 6.07) is 57.1. The van der Waals surface area contributed by atoms with Crippen molar-refractivity contribution >= 4 is 50.0 Å². The fourth-order valence-corrected chi connectivity index (χ4v) is 10.9. The number of anilines is 5. The first-order valence-corrected chi connectivity index (χ1v) is 21.6. The second kappa shape index (κ2) is 13.4. The van der Waals surface area contributed by atoms with Crippen LogP contribution in [0, 0.1) is 13.8 Å². The number of hydrogen-bond donors (Lipinski definition) is 0. The first kappa shape index (κ1) is 36.4. The summed E-state index contributed by atoms with van der Waals surface area (Å²) in [7, 11) is 0. The van der Waals surface area contributed by atoms with Crippen LogP contribution in [-0.2, 0) is 10.8 Å². The number of para-hydroxylation sites is 1. The average Bonchev–Trinajstić information content (AvgIpc) is 3.65. The molecule has 0 saturated carbocycles. The third-order valence-electron chi connectivity index (χ3n) is 13.7. The van der Waals surface area contributed by atoms with Gasteiger partial charge in [0.15, 0.2) is 0 Å². The second-order valence-electron chi connectivity index (χ2n) is 18.2. The molecule has 60 heavy (non-hydrogen) atoms. The van der Waals surface area contributed by atoms with Gasteiger partial charge in [-0.15, -0.1) is 0 Å². The van der Waals surface area contributed by atoms with Gasteiger partial charge in [0.1, 0.15) is 0 Å². The van der Waals surface area contributed by atoms with Crippen LogP contribution in [0.3, 0.4) is 0 Å². The average molecular weight is 775 g/mol. The summed E-state index contributed by atoms with van der Waals surface area (Å²) >= 11 is 0. The summed E-state index contributed by atoms with van der Waals surface area (Å²) in [5.41, 5.74) is 20.5. The highest BCUT2D eigenvalue weighted by Crippen LogP contribution is 2.63. The van der Waals surface area contributed by atoms with Gasteiger partial charge < -0.3 is 9.80 Å². The van der Waals surface area contributed by atoms with Crippen molar-refractivity contribution in [3.05, 3.63) is 209 Å². The minimum atomic E-state index is -0.268. The Balaban J connectivity index is 1.15. The van der Waals surface area contributed by atoms with E-state index in [9.17, 15) is 0 Å². The van der Waals surface area contributed by atoms with Crippen LogP contribution in [0.15, 0.2) is 176 Å². The van der Waals surface area contributed by atoms with E-state index in [0.717, 1.165) is 24.2 Å². The maximum absolute atomic E-state index is 2.55. The highest BCUT2D eigenvalue weighted by Gasteiger charge is 2.47. The van der Waals surface area contributed by atoms with Gasteiger partial charge in [0.05, 0.1) is 11.4 Å². The maximum atomic E-state index is 2.55. The summed E-state index contributed by atoms with van der Waals surface area (Å²) < 4.78 is 0. The van der Waals surface area contributed by atoms with Gasteiger partial charge in [-0.1, -0.05) is 154 Å². The third kappa shape index (κ3) is 5.33. The monoisotopic (exact) mass is 774 g/mol. The van der Waals surface area contributed by atoms with Crippen molar-refractivity contribution in [2.24, 2.45) is 0 Å². The van der Waals surface area contributed by atoms with Crippen molar-refractivity contribution in [1.29, 1.82) is 0 Å². The van der Waals surface area contributed by atoms with Crippen molar-refractivity contribution in [1.82, 2.24) is 0 Å². The SMILES string of the molecule is Cc1ccc(N(C2=CC=CCC2)c2cc3c(c4ccccc24)-c2ccc4c(c2C3(C)C)C(C)(C)c2cc(N(c3ccccc3)c3ccc(C)cc3)c3ccccc3c2-4)cc1. The molecule has 2 heteroatoms. The normalized spacial score (nSPS) is 15.3. The van der Waals surface area contributed by atoms with Gasteiger partial charge in [0.25, 0.3) is 0 Å². The van der Waals surface area contributed by atoms with E-state index in [1.807, 2.05) is 0 Å². The fraction of sp³-hybridized carbons (Fsp3) is 0.172. The molecular weight excluding hydrogens is 725 g/mol. The zero-order chi connectivity index (χ0) is 40.9. The first-order valence-electron chi connectivity index (χ1n) is 21.6. The Labute approximate surface area is 354 Å². The van der Waals surface area contributed by atoms with Gasteiger partial charge in [0.2, 0.25) is 0 Å². The Bertz CT molecular complexity index is 3090. The van der Waals surface area contributed by atoms with Crippen molar-refractivity contribution < 1.29 is 0 Å². The molecule has 0 aromatic heterocycles. The Hall–Kier alpha value is -6.64. The fourth-order valence-electron chi connectivity index (χ4n) is 10.9. The predicted molar refractivity (Wildman–Crippen MR) is 256 cm³/mol. The number of nitrogens with zero attached hydrogens (tertiary/aromatic N) is 2. The summed E-state index contributed by atoms with van der Waals surface area (Å²) in [6.45, 7) is 14.2. The van der Waals surface area contributed by atoms with Crippen LogP contribution >= 0.6 is 0 Å². The van der Waals surface area contributed by atoms with Gasteiger partial charge >= 0.3 is 0 Å². The molecule has 8 aromatic rings. The van der Waals surface area contributed by atoms with Crippen LogP contribution in [-0.4, -0.2) is 0 Å².